The second-order valence-corrected chi connectivity index (χ2v) is 10.9. The number of benzene rings is 1. The molecule has 196 valence electrons. The third kappa shape index (κ3) is 3.80. The Kier molecular flexibility index (Phi) is 5.51. The van der Waals surface area contributed by atoms with Crippen molar-refractivity contribution in [3.8, 4) is 5.82 Å². The van der Waals surface area contributed by atoms with Gasteiger partial charge in [0.15, 0.2) is 11.5 Å². The quantitative estimate of drug-likeness (QED) is 0.410. The van der Waals surface area contributed by atoms with Gasteiger partial charge in [0.25, 0.3) is 0 Å². The first-order valence-electron chi connectivity index (χ1n) is 13.4. The summed E-state index contributed by atoms with van der Waals surface area (Å²) in [6.07, 6.45) is 5.96. The molecule has 0 amide bonds. The van der Waals surface area contributed by atoms with Crippen LogP contribution in [0.25, 0.3) is 16.9 Å². The molecule has 4 aromatic rings. The lowest BCUT2D eigenvalue weighted by molar-refractivity contribution is 0.00793. The minimum absolute atomic E-state index is 0.322. The van der Waals surface area contributed by atoms with E-state index >= 15 is 0 Å². The normalized spacial score (nSPS) is 21.4. The van der Waals surface area contributed by atoms with Crippen molar-refractivity contribution >= 4 is 22.7 Å². The molecule has 5 heterocycles. The smallest absolute Gasteiger partial charge is 0.229 e. The Morgan fingerprint density at radius 2 is 2.05 bits per heavy atom. The Morgan fingerprint density at radius 3 is 2.84 bits per heavy atom. The van der Waals surface area contributed by atoms with Crippen molar-refractivity contribution in [3.05, 3.63) is 70.4 Å². The molecule has 0 bridgehead atoms. The number of fused-ring (bicyclic) bond motifs is 3. The van der Waals surface area contributed by atoms with Crippen LogP contribution in [0.1, 0.15) is 53.6 Å². The number of hydrogen-bond acceptors (Lipinski definition) is 7. The fourth-order valence-corrected chi connectivity index (χ4v) is 6.08. The van der Waals surface area contributed by atoms with Crippen LogP contribution in [0.3, 0.4) is 0 Å². The second kappa shape index (κ2) is 8.83. The Morgan fingerprint density at radius 1 is 1.18 bits per heavy atom. The summed E-state index contributed by atoms with van der Waals surface area (Å²) < 4.78 is 22.1. The van der Waals surface area contributed by atoms with Crippen LogP contribution in [0.15, 0.2) is 36.7 Å². The minimum Gasteiger partial charge on any atom is -0.384 e. The summed E-state index contributed by atoms with van der Waals surface area (Å²) in [5, 5.41) is 14.7. The second-order valence-electron chi connectivity index (χ2n) is 10.9. The fourth-order valence-electron chi connectivity index (χ4n) is 6.08. The van der Waals surface area contributed by atoms with E-state index in [0.717, 1.165) is 50.4 Å². The molecule has 1 saturated heterocycles. The average Bonchev–Trinajstić information content (AvgIpc) is 3.39. The first kappa shape index (κ1) is 23.7. The van der Waals surface area contributed by atoms with Gasteiger partial charge in [-0.25, -0.2) is 14.4 Å². The maximum atomic E-state index is 14.9. The predicted molar refractivity (Wildman–Crippen MR) is 142 cm³/mol. The largest absolute Gasteiger partial charge is 0.384 e. The van der Waals surface area contributed by atoms with Crippen LogP contribution in [0.2, 0.25) is 0 Å². The maximum Gasteiger partial charge on any atom is 0.229 e. The Bertz CT molecular complexity index is 1560. The summed E-state index contributed by atoms with van der Waals surface area (Å²) in [7, 11) is 2.14. The summed E-state index contributed by atoms with van der Waals surface area (Å²) in [5.74, 6) is 0.920. The number of nitrogens with zero attached hydrogens (tertiary/aromatic N) is 5. The molecular formula is C29H31FN6O2. The van der Waals surface area contributed by atoms with Crippen LogP contribution in [-0.4, -0.2) is 56.3 Å². The Balaban J connectivity index is 1.27. The molecule has 2 aliphatic heterocycles. The summed E-state index contributed by atoms with van der Waals surface area (Å²) in [4.78, 5) is 16.2. The highest BCUT2D eigenvalue weighted by Crippen LogP contribution is 2.39. The minimum atomic E-state index is -0.946. The van der Waals surface area contributed by atoms with Gasteiger partial charge in [-0.05, 0) is 73.2 Å². The van der Waals surface area contributed by atoms with Gasteiger partial charge in [0.2, 0.25) is 5.95 Å². The number of rotatable bonds is 5. The number of pyridine rings is 1. The van der Waals surface area contributed by atoms with Crippen molar-refractivity contribution in [3.63, 3.8) is 0 Å². The van der Waals surface area contributed by atoms with Gasteiger partial charge in [0.1, 0.15) is 11.4 Å². The molecule has 3 aliphatic rings. The van der Waals surface area contributed by atoms with Crippen LogP contribution in [0.4, 0.5) is 16.0 Å². The highest BCUT2D eigenvalue weighted by Gasteiger charge is 2.37. The maximum absolute atomic E-state index is 14.9. The molecule has 7 rings (SSSR count). The van der Waals surface area contributed by atoms with Crippen molar-refractivity contribution < 1.29 is 14.2 Å². The third-order valence-electron chi connectivity index (χ3n) is 8.44. The van der Waals surface area contributed by atoms with E-state index in [-0.39, 0.29) is 0 Å². The van der Waals surface area contributed by atoms with Crippen molar-refractivity contribution in [1.82, 2.24) is 24.4 Å². The zero-order valence-corrected chi connectivity index (χ0v) is 21.7. The highest BCUT2D eigenvalue weighted by atomic mass is 19.1. The number of nitrogens with one attached hydrogen (secondary N) is 1. The molecule has 1 unspecified atom stereocenters. The van der Waals surface area contributed by atoms with Crippen molar-refractivity contribution in [2.45, 2.75) is 50.7 Å². The van der Waals surface area contributed by atoms with E-state index in [1.807, 2.05) is 19.1 Å². The Labute approximate surface area is 220 Å². The van der Waals surface area contributed by atoms with E-state index < -0.39 is 11.4 Å². The molecule has 38 heavy (non-hydrogen) atoms. The van der Waals surface area contributed by atoms with E-state index in [2.05, 4.69) is 34.4 Å². The lowest BCUT2D eigenvalue weighted by atomic mass is 9.86. The van der Waals surface area contributed by atoms with E-state index in [4.69, 9.17) is 14.7 Å². The van der Waals surface area contributed by atoms with Gasteiger partial charge in [-0.15, -0.1) is 0 Å². The molecule has 2 N–H and O–H groups in total. The van der Waals surface area contributed by atoms with Gasteiger partial charge in [0.05, 0.1) is 24.3 Å². The standard InChI is InChI=1S/C29H31FN6O2/c1-3-29(37)8-6-17-4-5-25(33-26(17)29)36-14-24(30)23-12-31-28(34-27(23)36)32-20-10-18-13-35(2)9-7-21(18)22(11-20)19-15-38-16-19/h4-5,10-12,14,19,37H,3,6-9,13,15-16H2,1-2H3,(H,31,32,34). The summed E-state index contributed by atoms with van der Waals surface area (Å²) in [5.41, 5.74) is 6.20. The Hall–Kier alpha value is -3.40. The molecule has 0 radical (unpaired) electrons. The van der Waals surface area contributed by atoms with Crippen LogP contribution < -0.4 is 5.32 Å². The predicted octanol–water partition coefficient (Wildman–Crippen LogP) is 4.34. The zero-order chi connectivity index (χ0) is 26.0. The average molecular weight is 515 g/mol. The van der Waals surface area contributed by atoms with Crippen molar-refractivity contribution in [2.75, 3.05) is 32.1 Å². The number of aromatic nitrogens is 4. The van der Waals surface area contributed by atoms with Crippen molar-refractivity contribution in [2.24, 2.45) is 0 Å². The van der Waals surface area contributed by atoms with Gasteiger partial charge >= 0.3 is 0 Å². The molecule has 0 spiro atoms. The van der Waals surface area contributed by atoms with Gasteiger partial charge in [-0.1, -0.05) is 13.0 Å². The number of hydrogen-bond donors (Lipinski definition) is 2. The number of anilines is 2. The molecule has 8 nitrogen and oxygen atoms in total. The zero-order valence-electron chi connectivity index (χ0n) is 21.7. The van der Waals surface area contributed by atoms with E-state index in [1.54, 1.807) is 4.57 Å². The number of likely N-dealkylation sites (N-methyl/N-ethyl adjacent to an activating group) is 1. The molecule has 9 heteroatoms. The molecule has 0 saturated carbocycles. The van der Waals surface area contributed by atoms with Gasteiger partial charge in [-0.2, -0.15) is 4.98 Å². The van der Waals surface area contributed by atoms with Crippen LogP contribution >= 0.6 is 0 Å². The molecular weight excluding hydrogens is 483 g/mol. The lowest BCUT2D eigenvalue weighted by Gasteiger charge is -2.33. The molecule has 1 fully saturated rings. The lowest BCUT2D eigenvalue weighted by Crippen LogP contribution is -2.31. The third-order valence-corrected chi connectivity index (χ3v) is 8.44. The topological polar surface area (TPSA) is 88.3 Å². The van der Waals surface area contributed by atoms with Crippen LogP contribution in [-0.2, 0) is 29.7 Å². The number of aryl methyl sites for hydroxylation is 1. The first-order valence-corrected chi connectivity index (χ1v) is 13.4. The molecule has 1 atom stereocenters. The first-order chi connectivity index (χ1) is 18.4. The van der Waals surface area contributed by atoms with E-state index in [1.165, 1.54) is 29.1 Å². The van der Waals surface area contributed by atoms with Gasteiger partial charge in [-0.3, -0.25) is 4.57 Å². The SMILES string of the molecule is CCC1(O)CCc2ccc(-n3cc(F)c4cnc(Nc5cc6c(c(C7COC7)c5)CCN(C)C6)nc43)nc21. The monoisotopic (exact) mass is 514 g/mol. The summed E-state index contributed by atoms with van der Waals surface area (Å²) >= 11 is 0. The molecule has 1 aliphatic carbocycles. The van der Waals surface area contributed by atoms with Crippen LogP contribution in [0, 0.1) is 5.82 Å². The van der Waals surface area contributed by atoms with Gasteiger partial charge < -0.3 is 20.1 Å². The number of ether oxygens (including phenoxy) is 1. The number of halogens is 1. The molecule has 3 aromatic heterocycles. The van der Waals surface area contributed by atoms with Gasteiger partial charge in [0, 0.05) is 37.1 Å². The molecule has 1 aromatic carbocycles. The van der Waals surface area contributed by atoms with Crippen LogP contribution in [0.5, 0.6) is 0 Å². The summed E-state index contributed by atoms with van der Waals surface area (Å²) in [6, 6.07) is 8.21. The highest BCUT2D eigenvalue weighted by molar-refractivity contribution is 5.79. The number of aliphatic hydroxyl groups is 1. The summed E-state index contributed by atoms with van der Waals surface area (Å²) in [6.45, 7) is 5.41. The fraction of sp³-hybridized carbons (Fsp3) is 0.414. The van der Waals surface area contributed by atoms with Crippen molar-refractivity contribution in [1.29, 1.82) is 0 Å². The van der Waals surface area contributed by atoms with E-state index in [0.29, 0.717) is 47.3 Å². The van der Waals surface area contributed by atoms with E-state index in [9.17, 15) is 9.50 Å².